The van der Waals surface area contributed by atoms with Crippen molar-refractivity contribution in [2.45, 2.75) is 155 Å². The molecule has 11 N–H and O–H groups in total. The van der Waals surface area contributed by atoms with Gasteiger partial charge in [0.25, 0.3) is 16.0 Å². The molecular formula is C69H89N13O13S2. The summed E-state index contributed by atoms with van der Waals surface area (Å²) >= 11 is 1.40. The third kappa shape index (κ3) is 17.8. The van der Waals surface area contributed by atoms with Crippen LogP contribution in [-0.2, 0) is 60.1 Å². The fraction of sp³-hybridized carbons (Fsp3) is 0.507. The van der Waals surface area contributed by atoms with E-state index in [9.17, 15) is 51.6 Å². The molecule has 4 aliphatic carbocycles. The van der Waals surface area contributed by atoms with E-state index in [2.05, 4.69) is 45.4 Å². The standard InChI is InChI=1S/C69H89N13O13S2/c1-43(2)57(78-56(83)18-7-6-10-26-70)61(86)75-53(16-12-27-72-63(71)89)60(85)74-47-21-19-45(20-22-47)35-94-65(90)80(30-32-97(91,92)93)29-31-95-69-39-66(4)36-67(5,40-69)38-68(37-66,41-69)42-82-44(3)50(33-73-82)48-23-24-55(77-58(48)62(87)88)81-28-25-46-13-11-14-49(51(46)34-81)59(84)79-64-76-52-15-8-9-17-54(52)96-64/h8-9,11,13-15,17,19-24,33,43,53,57H,6-7,10,12,16,18,25-32,34-42,70H2,1-5H3,(H,74,85)(H,75,86)(H,78,83)(H,87,88)(H3,71,72,89)(H,76,79,84)(H,91,92,93). The molecule has 4 saturated carbocycles. The number of hydrogen-bond acceptors (Lipinski definition) is 17. The number of carbonyl (C=O) groups is 7. The summed E-state index contributed by atoms with van der Waals surface area (Å²) in [6.07, 6.45) is 9.30. The second-order valence-corrected chi connectivity index (χ2v) is 30.4. The number of primary amides is 1. The topological polar surface area (TPSA) is 375 Å². The monoisotopic (exact) mass is 1370 g/mol. The van der Waals surface area contributed by atoms with Crippen LogP contribution < -0.4 is 43.0 Å². The minimum atomic E-state index is -4.49. The van der Waals surface area contributed by atoms with E-state index in [1.807, 2.05) is 59.0 Å². The lowest BCUT2D eigenvalue weighted by Gasteiger charge is -2.69. The van der Waals surface area contributed by atoms with Gasteiger partial charge in [-0.2, -0.15) is 13.5 Å². The van der Waals surface area contributed by atoms with Crippen molar-refractivity contribution in [3.8, 4) is 11.1 Å². The number of unbranched alkanes of at least 4 members (excludes halogenated alkanes) is 2. The zero-order valence-corrected chi connectivity index (χ0v) is 57.3. The Labute approximate surface area is 568 Å². The van der Waals surface area contributed by atoms with Crippen LogP contribution in [0, 0.1) is 29.1 Å². The Morgan fingerprint density at radius 3 is 2.28 bits per heavy atom. The van der Waals surface area contributed by atoms with E-state index in [-0.39, 0.29) is 91.8 Å². The molecule has 28 heteroatoms. The zero-order valence-electron chi connectivity index (χ0n) is 55.6. The number of hydrogen-bond donors (Lipinski definition) is 9. The predicted octanol–water partition coefficient (Wildman–Crippen LogP) is 8.57. The number of urea groups is 1. The number of nitrogens with zero attached hydrogens (tertiary/aromatic N) is 6. The smallest absolute Gasteiger partial charge is 0.410 e. The molecule has 4 fully saturated rings. The van der Waals surface area contributed by atoms with E-state index in [1.165, 1.54) is 16.2 Å². The Hall–Kier alpha value is -8.57. The minimum Gasteiger partial charge on any atom is -0.476 e. The molecule has 6 aromatic rings. The Morgan fingerprint density at radius 1 is 0.825 bits per heavy atom. The third-order valence-corrected chi connectivity index (χ3v) is 20.8. The number of fused-ring (bicyclic) bond motifs is 2. The summed E-state index contributed by atoms with van der Waals surface area (Å²) in [4.78, 5) is 105. The first kappa shape index (κ1) is 71.2. The van der Waals surface area contributed by atoms with Crippen molar-refractivity contribution < 1.29 is 61.1 Å². The summed E-state index contributed by atoms with van der Waals surface area (Å²) in [5.74, 6) is -3.46. The second kappa shape index (κ2) is 30.0. The highest BCUT2D eigenvalue weighted by atomic mass is 32.2. The summed E-state index contributed by atoms with van der Waals surface area (Å²) in [6.45, 7) is 11.6. The summed E-state index contributed by atoms with van der Waals surface area (Å²) in [7, 11) is -4.49. The third-order valence-electron chi connectivity index (χ3n) is 19.2. The molecule has 520 valence electrons. The molecule has 0 saturated heterocycles. The molecule has 4 atom stereocenters. The summed E-state index contributed by atoms with van der Waals surface area (Å²) in [5.41, 5.74) is 15.5. The van der Waals surface area contributed by atoms with Gasteiger partial charge in [-0.15, -0.1) is 0 Å². The molecule has 7 amide bonds. The number of pyridine rings is 1. The van der Waals surface area contributed by atoms with Crippen molar-refractivity contribution in [1.82, 2.24) is 40.6 Å². The first-order valence-electron chi connectivity index (χ1n) is 33.2. The van der Waals surface area contributed by atoms with Gasteiger partial charge in [-0.25, -0.2) is 24.4 Å². The second-order valence-electron chi connectivity index (χ2n) is 27.8. The first-order valence-corrected chi connectivity index (χ1v) is 35.6. The van der Waals surface area contributed by atoms with Gasteiger partial charge in [-0.3, -0.25) is 33.7 Å². The van der Waals surface area contributed by atoms with Gasteiger partial charge in [-0.05, 0) is 165 Å². The number of amides is 7. The fourth-order valence-electron chi connectivity index (χ4n) is 15.9. The van der Waals surface area contributed by atoms with Gasteiger partial charge in [0, 0.05) is 73.8 Å². The quantitative estimate of drug-likeness (QED) is 0.0145. The van der Waals surface area contributed by atoms with Crippen LogP contribution in [0.1, 0.15) is 148 Å². The number of thiazole rings is 1. The van der Waals surface area contributed by atoms with Gasteiger partial charge in [-0.1, -0.05) is 81.9 Å². The SMILES string of the molecule is Cc1c(-c2ccc(N3CCc4cccc(C(=O)Nc5nc6ccccc6s5)c4C3)nc2C(=O)O)cnn1CC12CC3(C)CC(C)(C1)CC(OCCN(CCS(=O)(=O)O)C(=O)OCc1ccc(NC(=O)C(CCCNC(N)=O)NC(=O)C(NC(=O)CCCCCN)C(C)C)cc1)(C3)C2. The van der Waals surface area contributed by atoms with Gasteiger partial charge in [0.1, 0.15) is 24.5 Å². The Balaban J connectivity index is 0.767. The maximum atomic E-state index is 13.9. The number of aromatic carboxylic acids is 1. The van der Waals surface area contributed by atoms with Gasteiger partial charge < -0.3 is 57.1 Å². The van der Waals surface area contributed by atoms with Crippen molar-refractivity contribution in [2.75, 3.05) is 60.6 Å². The molecule has 4 bridgehead atoms. The van der Waals surface area contributed by atoms with E-state index in [1.54, 1.807) is 56.4 Å². The fourth-order valence-corrected chi connectivity index (χ4v) is 17.2. The molecule has 3 aromatic carbocycles. The maximum Gasteiger partial charge on any atom is 0.410 e. The van der Waals surface area contributed by atoms with Crippen molar-refractivity contribution in [3.63, 3.8) is 0 Å². The number of carboxylic acids is 1. The zero-order chi connectivity index (χ0) is 69.5. The summed E-state index contributed by atoms with van der Waals surface area (Å²) < 4.78 is 49.6. The van der Waals surface area contributed by atoms with E-state index in [4.69, 9.17) is 31.0 Å². The molecule has 0 spiro atoms. The lowest BCUT2D eigenvalue weighted by molar-refractivity contribution is -0.248. The summed E-state index contributed by atoms with van der Waals surface area (Å²) in [6, 6.07) is 20.7. The number of benzene rings is 3. The number of aromatic nitrogens is 4. The van der Waals surface area contributed by atoms with Crippen LogP contribution in [0.2, 0.25) is 0 Å². The van der Waals surface area contributed by atoms with Crippen molar-refractivity contribution in [3.05, 3.63) is 119 Å². The van der Waals surface area contributed by atoms with Crippen LogP contribution in [0.15, 0.2) is 85.1 Å². The van der Waals surface area contributed by atoms with Crippen molar-refractivity contribution in [1.29, 1.82) is 0 Å². The van der Waals surface area contributed by atoms with Crippen molar-refractivity contribution in [2.24, 2.45) is 33.6 Å². The van der Waals surface area contributed by atoms with Crippen LogP contribution in [0.3, 0.4) is 0 Å². The molecule has 0 radical (unpaired) electrons. The highest BCUT2D eigenvalue weighted by Crippen LogP contribution is 2.72. The number of para-hydroxylation sites is 1. The Kier molecular flexibility index (Phi) is 22.1. The molecule has 26 nitrogen and oxygen atoms in total. The Morgan fingerprint density at radius 2 is 1.58 bits per heavy atom. The van der Waals surface area contributed by atoms with Crippen LogP contribution in [-0.4, -0.2) is 147 Å². The summed E-state index contributed by atoms with van der Waals surface area (Å²) in [5, 5.41) is 30.0. The molecule has 4 heterocycles. The lowest BCUT2D eigenvalue weighted by Crippen LogP contribution is -2.64. The number of nitrogens with one attached hydrogen (secondary N) is 5. The van der Waals surface area contributed by atoms with E-state index < -0.39 is 63.5 Å². The molecule has 11 rings (SSSR count). The molecule has 1 aliphatic heterocycles. The average molecular weight is 1370 g/mol. The highest BCUT2D eigenvalue weighted by molar-refractivity contribution is 7.85. The molecule has 3 aromatic heterocycles. The van der Waals surface area contributed by atoms with E-state index >= 15 is 0 Å². The van der Waals surface area contributed by atoms with Crippen LogP contribution in [0.5, 0.6) is 0 Å². The Bertz CT molecular complexity index is 3980. The number of nitrogens with two attached hydrogens (primary N) is 2. The van der Waals surface area contributed by atoms with E-state index in [0.29, 0.717) is 84.3 Å². The minimum absolute atomic E-state index is 0.0417. The van der Waals surface area contributed by atoms with Crippen LogP contribution in [0.4, 0.5) is 26.2 Å². The van der Waals surface area contributed by atoms with Gasteiger partial charge in [0.15, 0.2) is 10.8 Å². The highest BCUT2D eigenvalue weighted by Gasteiger charge is 2.66. The van der Waals surface area contributed by atoms with Gasteiger partial charge in [0.05, 0.1) is 34.4 Å². The van der Waals surface area contributed by atoms with Crippen molar-refractivity contribution >= 4 is 90.0 Å². The first-order chi connectivity index (χ1) is 46.1. The normalized spacial score (nSPS) is 20.8. The number of rotatable bonds is 31. The predicted molar refractivity (Wildman–Crippen MR) is 367 cm³/mol. The largest absolute Gasteiger partial charge is 0.476 e. The molecule has 97 heavy (non-hydrogen) atoms. The average Bonchev–Trinajstić information content (AvgIpc) is 0.971. The van der Waals surface area contributed by atoms with Gasteiger partial charge >= 0.3 is 18.1 Å². The van der Waals surface area contributed by atoms with Gasteiger partial charge in [0.2, 0.25) is 17.7 Å². The molecular weight excluding hydrogens is 1280 g/mol. The van der Waals surface area contributed by atoms with E-state index in [0.717, 1.165) is 72.0 Å². The number of carbonyl (C=O) groups excluding carboxylic acids is 6. The lowest BCUT2D eigenvalue weighted by atomic mass is 9.39. The maximum absolute atomic E-state index is 13.9. The van der Waals surface area contributed by atoms with Crippen LogP contribution >= 0.6 is 11.3 Å². The number of anilines is 3. The number of carboxylic acid groups (broad SMARTS) is 1. The molecule has 4 unspecified atom stereocenters. The molecule has 5 aliphatic rings. The number of ether oxygens (including phenoxy) is 2. The van der Waals surface area contributed by atoms with Crippen LogP contribution in [0.25, 0.3) is 21.3 Å².